The van der Waals surface area contributed by atoms with Crippen molar-refractivity contribution in [2.75, 3.05) is 20.1 Å². The Labute approximate surface area is 134 Å². The second-order valence-corrected chi connectivity index (χ2v) is 6.88. The molecule has 0 spiro atoms. The Bertz CT molecular complexity index is 512. The molecule has 4 nitrogen and oxygen atoms in total. The zero-order valence-corrected chi connectivity index (χ0v) is 14.5. The Kier molecular flexibility index (Phi) is 5.24. The molecule has 1 aliphatic rings. The Morgan fingerprint density at radius 1 is 1.32 bits per heavy atom. The second-order valence-electron chi connectivity index (χ2n) is 6.88. The number of aliphatic hydroxyl groups is 1. The highest BCUT2D eigenvalue weighted by molar-refractivity contribution is 5.88. The number of likely N-dealkylation sites (N-methyl/N-ethyl adjacent to an activating group) is 1. The maximum absolute atomic E-state index is 10.5. The molecule has 1 aliphatic heterocycles. The predicted molar refractivity (Wildman–Crippen MR) is 92.0 cm³/mol. The minimum atomic E-state index is -0.483. The van der Waals surface area contributed by atoms with Crippen molar-refractivity contribution in [1.82, 2.24) is 9.91 Å². The van der Waals surface area contributed by atoms with Crippen LogP contribution in [0.4, 0.5) is 0 Å². The first-order valence-electron chi connectivity index (χ1n) is 8.12. The van der Waals surface area contributed by atoms with Crippen LogP contribution in [0.1, 0.15) is 45.8 Å². The molecular weight excluding hydrogens is 274 g/mol. The van der Waals surface area contributed by atoms with Gasteiger partial charge in [-0.05, 0) is 40.3 Å². The standard InChI is InChI=1S/C18H29N3O/c1-6-21-18(3,4)12-16(19-21)13-20(5)14(2)17(22)15-10-8-7-9-11-15/h7-11,14,17,22H,6,12-13H2,1-5H3/t14-,17+/m0/s1. The van der Waals surface area contributed by atoms with Gasteiger partial charge in [-0.15, -0.1) is 0 Å². The van der Waals surface area contributed by atoms with Gasteiger partial charge in [-0.1, -0.05) is 30.3 Å². The average molecular weight is 303 g/mol. The van der Waals surface area contributed by atoms with Crippen molar-refractivity contribution in [2.24, 2.45) is 5.10 Å². The third-order valence-corrected chi connectivity index (χ3v) is 4.62. The predicted octanol–water partition coefficient (Wildman–Crippen LogP) is 2.90. The van der Waals surface area contributed by atoms with Crippen LogP contribution >= 0.6 is 0 Å². The molecule has 0 fully saturated rings. The summed E-state index contributed by atoms with van der Waals surface area (Å²) in [6.45, 7) is 10.4. The lowest BCUT2D eigenvalue weighted by Gasteiger charge is -2.30. The van der Waals surface area contributed by atoms with E-state index in [0.717, 1.165) is 25.1 Å². The molecule has 0 bridgehead atoms. The van der Waals surface area contributed by atoms with Crippen molar-refractivity contribution in [1.29, 1.82) is 0 Å². The van der Waals surface area contributed by atoms with Crippen LogP contribution in [-0.2, 0) is 0 Å². The zero-order chi connectivity index (χ0) is 16.3. The van der Waals surface area contributed by atoms with Gasteiger partial charge in [-0.3, -0.25) is 9.91 Å². The first-order valence-corrected chi connectivity index (χ1v) is 8.12. The lowest BCUT2D eigenvalue weighted by molar-refractivity contribution is 0.0804. The third-order valence-electron chi connectivity index (χ3n) is 4.62. The third kappa shape index (κ3) is 3.68. The molecule has 0 radical (unpaired) electrons. The largest absolute Gasteiger partial charge is 0.387 e. The molecule has 2 rings (SSSR count). The number of hydrogen-bond donors (Lipinski definition) is 1. The summed E-state index contributed by atoms with van der Waals surface area (Å²) in [5.41, 5.74) is 2.26. The van der Waals surface area contributed by atoms with Crippen LogP contribution < -0.4 is 0 Å². The number of aliphatic hydroxyl groups excluding tert-OH is 1. The summed E-state index contributed by atoms with van der Waals surface area (Å²) in [7, 11) is 2.06. The fourth-order valence-corrected chi connectivity index (χ4v) is 3.12. The summed E-state index contributed by atoms with van der Waals surface area (Å²) in [4.78, 5) is 2.19. The Balaban J connectivity index is 1.99. The van der Waals surface area contributed by atoms with Crippen LogP contribution in [-0.4, -0.2) is 52.4 Å². The maximum atomic E-state index is 10.5. The van der Waals surface area contributed by atoms with Gasteiger partial charge >= 0.3 is 0 Å². The van der Waals surface area contributed by atoms with Crippen molar-refractivity contribution in [3.8, 4) is 0 Å². The SMILES string of the molecule is CCN1N=C(CN(C)[C@@H](C)[C@@H](O)c2ccccc2)CC1(C)C. The minimum Gasteiger partial charge on any atom is -0.387 e. The van der Waals surface area contributed by atoms with E-state index >= 15 is 0 Å². The maximum Gasteiger partial charge on any atom is 0.0942 e. The van der Waals surface area contributed by atoms with Gasteiger partial charge in [0.15, 0.2) is 0 Å². The summed E-state index contributed by atoms with van der Waals surface area (Å²) in [6.07, 6.45) is 0.503. The highest BCUT2D eigenvalue weighted by Gasteiger charge is 2.33. The number of hydrogen-bond acceptors (Lipinski definition) is 4. The van der Waals surface area contributed by atoms with Gasteiger partial charge < -0.3 is 5.11 Å². The van der Waals surface area contributed by atoms with E-state index in [1.807, 2.05) is 30.3 Å². The number of hydrazone groups is 1. The van der Waals surface area contributed by atoms with E-state index < -0.39 is 6.10 Å². The van der Waals surface area contributed by atoms with E-state index in [2.05, 4.69) is 44.7 Å². The number of nitrogens with zero attached hydrogens (tertiary/aromatic N) is 3. The lowest BCUT2D eigenvalue weighted by Crippen LogP contribution is -2.39. The van der Waals surface area contributed by atoms with E-state index in [-0.39, 0.29) is 11.6 Å². The Morgan fingerprint density at radius 3 is 2.50 bits per heavy atom. The molecule has 22 heavy (non-hydrogen) atoms. The molecule has 0 amide bonds. The van der Waals surface area contributed by atoms with Crippen molar-refractivity contribution < 1.29 is 5.11 Å². The van der Waals surface area contributed by atoms with E-state index in [9.17, 15) is 5.11 Å². The van der Waals surface area contributed by atoms with Gasteiger partial charge in [0.1, 0.15) is 0 Å². The van der Waals surface area contributed by atoms with Crippen molar-refractivity contribution >= 4 is 5.71 Å². The Morgan fingerprint density at radius 2 is 1.95 bits per heavy atom. The topological polar surface area (TPSA) is 39.1 Å². The van der Waals surface area contributed by atoms with Crippen LogP contribution in [0.25, 0.3) is 0 Å². The number of rotatable bonds is 6. The zero-order valence-electron chi connectivity index (χ0n) is 14.5. The quantitative estimate of drug-likeness (QED) is 0.878. The molecule has 0 saturated heterocycles. The lowest BCUT2D eigenvalue weighted by atomic mass is 9.97. The molecule has 0 saturated carbocycles. The molecule has 1 heterocycles. The molecule has 2 atom stereocenters. The first-order chi connectivity index (χ1) is 10.3. The van der Waals surface area contributed by atoms with Gasteiger partial charge in [0, 0.05) is 25.6 Å². The van der Waals surface area contributed by atoms with Gasteiger partial charge in [0.2, 0.25) is 0 Å². The van der Waals surface area contributed by atoms with Gasteiger partial charge in [-0.25, -0.2) is 0 Å². The summed E-state index contributed by atoms with van der Waals surface area (Å²) < 4.78 is 0. The summed E-state index contributed by atoms with van der Waals surface area (Å²) in [5, 5.41) is 17.4. The molecular formula is C18H29N3O. The smallest absolute Gasteiger partial charge is 0.0942 e. The van der Waals surface area contributed by atoms with Crippen LogP contribution in [0, 0.1) is 0 Å². The molecule has 122 valence electrons. The molecule has 0 unspecified atom stereocenters. The van der Waals surface area contributed by atoms with Crippen LogP contribution in [0.15, 0.2) is 35.4 Å². The number of benzene rings is 1. The fraction of sp³-hybridized carbons (Fsp3) is 0.611. The van der Waals surface area contributed by atoms with E-state index in [1.54, 1.807) is 0 Å². The molecule has 1 N–H and O–H groups in total. The highest BCUT2D eigenvalue weighted by Crippen LogP contribution is 2.27. The second kappa shape index (κ2) is 6.80. The minimum absolute atomic E-state index is 0.0453. The normalized spacial score (nSPS) is 20.1. The van der Waals surface area contributed by atoms with E-state index in [0.29, 0.717) is 0 Å². The molecule has 4 heteroatoms. The van der Waals surface area contributed by atoms with Crippen LogP contribution in [0.3, 0.4) is 0 Å². The monoisotopic (exact) mass is 303 g/mol. The van der Waals surface area contributed by atoms with Gasteiger partial charge in [0.25, 0.3) is 0 Å². The molecule has 1 aromatic carbocycles. The van der Waals surface area contributed by atoms with Gasteiger partial charge in [-0.2, -0.15) is 5.10 Å². The van der Waals surface area contributed by atoms with Gasteiger partial charge in [0.05, 0.1) is 17.4 Å². The summed E-state index contributed by atoms with van der Waals surface area (Å²) >= 11 is 0. The molecule has 0 aliphatic carbocycles. The molecule has 1 aromatic rings. The average Bonchev–Trinajstić information content (AvgIpc) is 2.80. The van der Waals surface area contributed by atoms with Crippen molar-refractivity contribution in [3.05, 3.63) is 35.9 Å². The Hall–Kier alpha value is -1.39. The fourth-order valence-electron chi connectivity index (χ4n) is 3.12. The van der Waals surface area contributed by atoms with Crippen LogP contribution in [0.2, 0.25) is 0 Å². The van der Waals surface area contributed by atoms with Crippen molar-refractivity contribution in [3.63, 3.8) is 0 Å². The molecule has 0 aromatic heterocycles. The first kappa shape index (κ1) is 17.0. The van der Waals surface area contributed by atoms with E-state index in [4.69, 9.17) is 5.10 Å². The van der Waals surface area contributed by atoms with Crippen LogP contribution in [0.5, 0.6) is 0 Å². The highest BCUT2D eigenvalue weighted by atomic mass is 16.3. The summed E-state index contributed by atoms with van der Waals surface area (Å²) in [6, 6.07) is 9.90. The van der Waals surface area contributed by atoms with Crippen molar-refractivity contribution in [2.45, 2.75) is 51.8 Å². The summed E-state index contributed by atoms with van der Waals surface area (Å²) in [5.74, 6) is 0. The van der Waals surface area contributed by atoms with E-state index in [1.165, 1.54) is 5.71 Å².